The van der Waals surface area contributed by atoms with E-state index in [0.717, 1.165) is 28.3 Å². The monoisotopic (exact) mass is 349 g/mol. The third kappa shape index (κ3) is 4.18. The normalized spacial score (nSPS) is 16.3. The molecule has 1 unspecified atom stereocenters. The molecule has 2 aromatic carbocycles. The van der Waals surface area contributed by atoms with E-state index in [1.165, 1.54) is 0 Å². The van der Waals surface area contributed by atoms with Gasteiger partial charge >= 0.3 is 0 Å². The molecule has 1 aliphatic rings. The fourth-order valence-corrected chi connectivity index (χ4v) is 2.98. The standard InChI is InChI=1S/C18H17Cl2NO2/c19-15-3-1-12(2-4-15)7-8-21-18(22)14-9-13-10-16(20)5-6-17(13)23-11-14/h1-6,10,14H,7-9,11H2,(H,21,22). The number of ether oxygens (including phenoxy) is 1. The molecule has 2 aromatic rings. The summed E-state index contributed by atoms with van der Waals surface area (Å²) in [7, 11) is 0. The largest absolute Gasteiger partial charge is 0.492 e. The van der Waals surface area contributed by atoms with Gasteiger partial charge in [-0.1, -0.05) is 35.3 Å². The predicted molar refractivity (Wildman–Crippen MR) is 92.3 cm³/mol. The van der Waals surface area contributed by atoms with Crippen molar-refractivity contribution in [2.24, 2.45) is 5.92 Å². The van der Waals surface area contributed by atoms with Crippen molar-refractivity contribution in [2.75, 3.05) is 13.2 Å². The van der Waals surface area contributed by atoms with Gasteiger partial charge in [0.2, 0.25) is 5.91 Å². The van der Waals surface area contributed by atoms with Gasteiger partial charge in [-0.3, -0.25) is 4.79 Å². The number of amides is 1. The van der Waals surface area contributed by atoms with Crippen molar-refractivity contribution in [1.29, 1.82) is 0 Å². The average molecular weight is 350 g/mol. The molecule has 0 aromatic heterocycles. The topological polar surface area (TPSA) is 38.3 Å². The third-order valence-electron chi connectivity index (χ3n) is 3.93. The van der Waals surface area contributed by atoms with E-state index in [1.807, 2.05) is 36.4 Å². The van der Waals surface area contributed by atoms with Crippen LogP contribution in [0.4, 0.5) is 0 Å². The Kier molecular flexibility index (Phi) is 5.09. The molecule has 3 rings (SSSR count). The summed E-state index contributed by atoms with van der Waals surface area (Å²) in [5, 5.41) is 4.36. The summed E-state index contributed by atoms with van der Waals surface area (Å²) in [5.41, 5.74) is 2.13. The van der Waals surface area contributed by atoms with Crippen molar-refractivity contribution < 1.29 is 9.53 Å². The first-order valence-corrected chi connectivity index (χ1v) is 8.31. The van der Waals surface area contributed by atoms with Crippen LogP contribution < -0.4 is 10.1 Å². The van der Waals surface area contributed by atoms with Gasteiger partial charge in [0.1, 0.15) is 12.4 Å². The Morgan fingerprint density at radius 3 is 2.65 bits per heavy atom. The Balaban J connectivity index is 1.52. The summed E-state index contributed by atoms with van der Waals surface area (Å²) >= 11 is 11.9. The van der Waals surface area contributed by atoms with Gasteiger partial charge in [-0.25, -0.2) is 0 Å². The summed E-state index contributed by atoms with van der Waals surface area (Å²) in [6.07, 6.45) is 1.43. The molecule has 0 saturated carbocycles. The Bertz CT molecular complexity index is 701. The van der Waals surface area contributed by atoms with E-state index in [-0.39, 0.29) is 11.8 Å². The molecule has 0 saturated heterocycles. The van der Waals surface area contributed by atoms with Crippen LogP contribution in [0.3, 0.4) is 0 Å². The highest BCUT2D eigenvalue weighted by molar-refractivity contribution is 6.30. The number of benzene rings is 2. The van der Waals surface area contributed by atoms with Gasteiger partial charge in [0.05, 0.1) is 5.92 Å². The number of carbonyl (C=O) groups excluding carboxylic acids is 1. The predicted octanol–water partition coefficient (Wildman–Crippen LogP) is 3.90. The van der Waals surface area contributed by atoms with Crippen LogP contribution in [0.5, 0.6) is 5.75 Å². The molecule has 1 aliphatic heterocycles. The molecule has 0 fully saturated rings. The lowest BCUT2D eigenvalue weighted by molar-refractivity contribution is -0.126. The van der Waals surface area contributed by atoms with Crippen LogP contribution in [-0.2, 0) is 17.6 Å². The molecule has 5 heteroatoms. The number of hydrogen-bond acceptors (Lipinski definition) is 2. The van der Waals surface area contributed by atoms with E-state index in [0.29, 0.717) is 24.6 Å². The molecule has 23 heavy (non-hydrogen) atoms. The third-order valence-corrected chi connectivity index (χ3v) is 4.41. The smallest absolute Gasteiger partial charge is 0.226 e. The first kappa shape index (κ1) is 16.2. The Hall–Kier alpha value is -1.71. The quantitative estimate of drug-likeness (QED) is 0.908. The number of hydrogen-bond donors (Lipinski definition) is 1. The average Bonchev–Trinajstić information content (AvgIpc) is 2.56. The number of rotatable bonds is 4. The molecule has 0 radical (unpaired) electrons. The van der Waals surface area contributed by atoms with Crippen molar-refractivity contribution in [2.45, 2.75) is 12.8 Å². The lowest BCUT2D eigenvalue weighted by Crippen LogP contribution is -2.38. The fourth-order valence-electron chi connectivity index (χ4n) is 2.66. The number of nitrogens with one attached hydrogen (secondary N) is 1. The van der Waals surface area contributed by atoms with Crippen LogP contribution in [0, 0.1) is 5.92 Å². The van der Waals surface area contributed by atoms with Crippen molar-refractivity contribution in [3.8, 4) is 5.75 Å². The molecule has 0 bridgehead atoms. The van der Waals surface area contributed by atoms with Crippen LogP contribution >= 0.6 is 23.2 Å². The van der Waals surface area contributed by atoms with Gasteiger partial charge in [-0.2, -0.15) is 0 Å². The second-order valence-electron chi connectivity index (χ2n) is 5.63. The highest BCUT2D eigenvalue weighted by Crippen LogP contribution is 2.29. The van der Waals surface area contributed by atoms with E-state index >= 15 is 0 Å². The van der Waals surface area contributed by atoms with Gasteiger partial charge in [-0.15, -0.1) is 0 Å². The first-order valence-electron chi connectivity index (χ1n) is 7.55. The van der Waals surface area contributed by atoms with Crippen molar-refractivity contribution in [3.63, 3.8) is 0 Å². The Morgan fingerprint density at radius 2 is 1.87 bits per heavy atom. The number of fused-ring (bicyclic) bond motifs is 1. The molecule has 0 spiro atoms. The van der Waals surface area contributed by atoms with Crippen LogP contribution in [0.25, 0.3) is 0 Å². The van der Waals surface area contributed by atoms with Crippen LogP contribution in [0.15, 0.2) is 42.5 Å². The van der Waals surface area contributed by atoms with E-state index < -0.39 is 0 Å². The summed E-state index contributed by atoms with van der Waals surface area (Å²) in [6, 6.07) is 13.2. The maximum absolute atomic E-state index is 12.3. The van der Waals surface area contributed by atoms with Crippen LogP contribution in [0.1, 0.15) is 11.1 Å². The van der Waals surface area contributed by atoms with Crippen molar-refractivity contribution in [3.05, 3.63) is 63.6 Å². The molecular weight excluding hydrogens is 333 g/mol. The van der Waals surface area contributed by atoms with Crippen molar-refractivity contribution in [1.82, 2.24) is 5.32 Å². The minimum atomic E-state index is -0.175. The summed E-state index contributed by atoms with van der Waals surface area (Å²) in [6.45, 7) is 1.00. The van der Waals surface area contributed by atoms with Gasteiger partial charge in [-0.05, 0) is 54.3 Å². The van der Waals surface area contributed by atoms with Gasteiger partial charge < -0.3 is 10.1 Å². The van der Waals surface area contributed by atoms with E-state index in [1.54, 1.807) is 6.07 Å². The zero-order valence-electron chi connectivity index (χ0n) is 12.5. The lowest BCUT2D eigenvalue weighted by atomic mass is 9.96. The summed E-state index contributed by atoms with van der Waals surface area (Å²) in [5.74, 6) is 0.662. The minimum absolute atomic E-state index is 0.0181. The zero-order valence-corrected chi connectivity index (χ0v) is 14.0. The molecule has 0 aliphatic carbocycles. The zero-order chi connectivity index (χ0) is 16.2. The molecule has 120 valence electrons. The lowest BCUT2D eigenvalue weighted by Gasteiger charge is -2.24. The van der Waals surface area contributed by atoms with E-state index in [4.69, 9.17) is 27.9 Å². The summed E-state index contributed by atoms with van der Waals surface area (Å²) < 4.78 is 5.66. The minimum Gasteiger partial charge on any atom is -0.492 e. The summed E-state index contributed by atoms with van der Waals surface area (Å²) in [4.78, 5) is 12.3. The Morgan fingerprint density at radius 1 is 1.13 bits per heavy atom. The number of halogens is 2. The molecule has 1 N–H and O–H groups in total. The molecular formula is C18H17Cl2NO2. The number of carbonyl (C=O) groups is 1. The SMILES string of the molecule is O=C(NCCc1ccc(Cl)cc1)C1COc2ccc(Cl)cc2C1. The molecule has 3 nitrogen and oxygen atoms in total. The van der Waals surface area contributed by atoms with E-state index in [9.17, 15) is 4.79 Å². The van der Waals surface area contributed by atoms with Gasteiger partial charge in [0.15, 0.2) is 0 Å². The second kappa shape index (κ2) is 7.24. The van der Waals surface area contributed by atoms with E-state index in [2.05, 4.69) is 5.32 Å². The maximum Gasteiger partial charge on any atom is 0.226 e. The Labute approximate surface area is 145 Å². The van der Waals surface area contributed by atoms with Gasteiger partial charge in [0.25, 0.3) is 0 Å². The van der Waals surface area contributed by atoms with Crippen molar-refractivity contribution >= 4 is 29.1 Å². The fraction of sp³-hybridized carbons (Fsp3) is 0.278. The first-order chi connectivity index (χ1) is 11.1. The van der Waals surface area contributed by atoms with Gasteiger partial charge in [0, 0.05) is 16.6 Å². The maximum atomic E-state index is 12.3. The molecule has 1 heterocycles. The van der Waals surface area contributed by atoms with Crippen LogP contribution in [0.2, 0.25) is 10.0 Å². The second-order valence-corrected chi connectivity index (χ2v) is 6.50. The molecule has 1 atom stereocenters. The highest BCUT2D eigenvalue weighted by Gasteiger charge is 2.25. The van der Waals surface area contributed by atoms with Crippen LogP contribution in [-0.4, -0.2) is 19.1 Å². The molecule has 1 amide bonds. The highest BCUT2D eigenvalue weighted by atomic mass is 35.5.